The summed E-state index contributed by atoms with van der Waals surface area (Å²) in [4.78, 5) is 14.1. The zero-order chi connectivity index (χ0) is 13.8. The third-order valence-electron chi connectivity index (χ3n) is 2.17. The maximum Gasteiger partial charge on any atom is 0.332 e. The molecule has 0 spiro atoms. The molecule has 0 aliphatic rings. The minimum atomic E-state index is -0.638. The van der Waals surface area contributed by atoms with Crippen LogP contribution in [0.1, 0.15) is 5.56 Å². The molecule has 1 heterocycles. The molecule has 0 radical (unpaired) electrons. The number of benzene rings is 1. The third kappa shape index (κ3) is 3.05. The summed E-state index contributed by atoms with van der Waals surface area (Å²) in [5, 5.41) is 19.6. The van der Waals surface area contributed by atoms with Crippen LogP contribution in [0.4, 0.5) is 5.69 Å². The number of aromatic nitrogens is 1. The minimum absolute atomic E-state index is 0.105. The first-order valence-corrected chi connectivity index (χ1v) is 5.87. The molecule has 0 amide bonds. The number of nitrogens with zero attached hydrogens (tertiary/aromatic N) is 3. The van der Waals surface area contributed by atoms with Gasteiger partial charge in [0.25, 0.3) is 5.88 Å². The summed E-state index contributed by atoms with van der Waals surface area (Å²) < 4.78 is 6.14. The molecule has 0 saturated carbocycles. The van der Waals surface area contributed by atoms with Crippen LogP contribution in [0.2, 0.25) is 0 Å². The molecule has 7 heteroatoms. The van der Waals surface area contributed by atoms with Crippen molar-refractivity contribution in [2.45, 2.75) is 0 Å². The van der Waals surface area contributed by atoms with Crippen LogP contribution in [0.25, 0.3) is 0 Å². The van der Waals surface area contributed by atoms with Gasteiger partial charge in [-0.15, -0.1) is 0 Å². The van der Waals surface area contributed by atoms with Gasteiger partial charge in [-0.3, -0.25) is 10.1 Å². The van der Waals surface area contributed by atoms with Gasteiger partial charge < -0.3 is 4.74 Å². The lowest BCUT2D eigenvalue weighted by atomic mass is 10.3. The molecule has 19 heavy (non-hydrogen) atoms. The molecule has 94 valence electrons. The number of ether oxygens (including phenoxy) is 1. The van der Waals surface area contributed by atoms with Gasteiger partial charge in [-0.25, -0.2) is 4.98 Å². The Balaban J connectivity index is 2.40. The Kier molecular flexibility index (Phi) is 3.73. The Morgan fingerprint density at radius 3 is 2.84 bits per heavy atom. The highest BCUT2D eigenvalue weighted by atomic mass is 79.9. The number of pyridine rings is 1. The standard InChI is InChI=1S/C12H6BrN3O3/c13-9-2-1-3-10(5-9)19-12-11(16(17)18)4-8(6-14)7-15-12/h1-5,7H. The van der Waals surface area contributed by atoms with E-state index in [0.29, 0.717) is 5.75 Å². The van der Waals surface area contributed by atoms with Gasteiger partial charge >= 0.3 is 5.69 Å². The molecule has 2 aromatic rings. The van der Waals surface area contributed by atoms with Gasteiger partial charge in [0.05, 0.1) is 10.5 Å². The SMILES string of the molecule is N#Cc1cnc(Oc2cccc(Br)c2)c([N+](=O)[O-])c1. The van der Waals surface area contributed by atoms with Gasteiger partial charge in [-0.1, -0.05) is 22.0 Å². The van der Waals surface area contributed by atoms with Crippen LogP contribution < -0.4 is 4.74 Å². The first-order chi connectivity index (χ1) is 9.10. The topological polar surface area (TPSA) is 89.0 Å². The van der Waals surface area contributed by atoms with Gasteiger partial charge in [-0.05, 0) is 18.2 Å². The number of hydrogen-bond donors (Lipinski definition) is 0. The fraction of sp³-hybridized carbons (Fsp3) is 0. The van der Waals surface area contributed by atoms with Crippen LogP contribution in [0.3, 0.4) is 0 Å². The smallest absolute Gasteiger partial charge is 0.332 e. The molecule has 0 aliphatic carbocycles. The number of hydrogen-bond acceptors (Lipinski definition) is 5. The molecule has 2 rings (SSSR count). The van der Waals surface area contributed by atoms with Gasteiger partial charge in [-0.2, -0.15) is 5.26 Å². The third-order valence-corrected chi connectivity index (χ3v) is 2.66. The Bertz CT molecular complexity index is 682. The molecule has 0 fully saturated rings. The second-order valence-electron chi connectivity index (χ2n) is 3.48. The lowest BCUT2D eigenvalue weighted by molar-refractivity contribution is -0.386. The normalized spacial score (nSPS) is 9.68. The maximum atomic E-state index is 10.9. The van der Waals surface area contributed by atoms with Gasteiger partial charge in [0.1, 0.15) is 11.8 Å². The van der Waals surface area contributed by atoms with E-state index in [0.717, 1.165) is 10.5 Å². The molecule has 6 nitrogen and oxygen atoms in total. The van der Waals surface area contributed by atoms with Gasteiger partial charge in [0, 0.05) is 16.7 Å². The summed E-state index contributed by atoms with van der Waals surface area (Å²) in [5.41, 5.74) is -0.243. The van der Waals surface area contributed by atoms with Crippen molar-refractivity contribution >= 4 is 21.6 Å². The highest BCUT2D eigenvalue weighted by molar-refractivity contribution is 9.10. The zero-order valence-electron chi connectivity index (χ0n) is 9.41. The summed E-state index contributed by atoms with van der Waals surface area (Å²) in [6.07, 6.45) is 1.22. The Morgan fingerprint density at radius 2 is 2.21 bits per heavy atom. The van der Waals surface area contributed by atoms with Crippen molar-refractivity contribution in [3.8, 4) is 17.7 Å². The highest BCUT2D eigenvalue weighted by Gasteiger charge is 2.18. The van der Waals surface area contributed by atoms with Crippen molar-refractivity contribution in [1.29, 1.82) is 5.26 Å². The van der Waals surface area contributed by atoms with Crippen molar-refractivity contribution in [2.24, 2.45) is 0 Å². The van der Waals surface area contributed by atoms with E-state index in [4.69, 9.17) is 10.00 Å². The summed E-state index contributed by atoms with van der Waals surface area (Å²) in [6, 6.07) is 9.75. The molecule has 0 bridgehead atoms. The zero-order valence-corrected chi connectivity index (χ0v) is 11.0. The van der Waals surface area contributed by atoms with Crippen LogP contribution in [-0.2, 0) is 0 Å². The summed E-state index contributed by atoms with van der Waals surface area (Å²) >= 11 is 3.27. The molecule has 0 unspecified atom stereocenters. The first kappa shape index (κ1) is 13.0. The predicted octanol–water partition coefficient (Wildman–Crippen LogP) is 3.42. The Morgan fingerprint density at radius 1 is 1.42 bits per heavy atom. The van der Waals surface area contributed by atoms with Crippen LogP contribution in [0, 0.1) is 21.4 Å². The van der Waals surface area contributed by atoms with Gasteiger partial charge in [0.15, 0.2) is 0 Å². The van der Waals surface area contributed by atoms with Crippen LogP contribution in [0.15, 0.2) is 41.0 Å². The lowest BCUT2D eigenvalue weighted by Gasteiger charge is -2.05. The molecule has 1 aromatic heterocycles. The van der Waals surface area contributed by atoms with E-state index in [1.54, 1.807) is 30.3 Å². The summed E-state index contributed by atoms with van der Waals surface area (Å²) in [7, 11) is 0. The number of nitriles is 1. The molecular weight excluding hydrogens is 314 g/mol. The van der Waals surface area contributed by atoms with E-state index < -0.39 is 4.92 Å². The first-order valence-electron chi connectivity index (χ1n) is 5.08. The molecule has 0 N–H and O–H groups in total. The van der Waals surface area contributed by atoms with E-state index in [9.17, 15) is 10.1 Å². The number of rotatable bonds is 3. The Labute approximate surface area is 116 Å². The quantitative estimate of drug-likeness (QED) is 0.638. The van der Waals surface area contributed by atoms with Crippen molar-refractivity contribution < 1.29 is 9.66 Å². The van der Waals surface area contributed by atoms with Gasteiger partial charge in [0.2, 0.25) is 0 Å². The fourth-order valence-corrected chi connectivity index (χ4v) is 1.73. The van der Waals surface area contributed by atoms with Crippen molar-refractivity contribution in [2.75, 3.05) is 0 Å². The molecular formula is C12H6BrN3O3. The van der Waals surface area contributed by atoms with E-state index in [2.05, 4.69) is 20.9 Å². The monoisotopic (exact) mass is 319 g/mol. The highest BCUT2D eigenvalue weighted by Crippen LogP contribution is 2.30. The lowest BCUT2D eigenvalue weighted by Crippen LogP contribution is -1.97. The van der Waals surface area contributed by atoms with E-state index in [1.165, 1.54) is 6.20 Å². The molecule has 1 aromatic carbocycles. The second kappa shape index (κ2) is 5.46. The average molecular weight is 320 g/mol. The predicted molar refractivity (Wildman–Crippen MR) is 69.8 cm³/mol. The molecule has 0 saturated heterocycles. The minimum Gasteiger partial charge on any atom is -0.434 e. The van der Waals surface area contributed by atoms with E-state index in [1.807, 2.05) is 0 Å². The Hall–Kier alpha value is -2.46. The van der Waals surface area contributed by atoms with Crippen molar-refractivity contribution in [3.05, 3.63) is 56.7 Å². The second-order valence-corrected chi connectivity index (χ2v) is 4.39. The maximum absolute atomic E-state index is 10.9. The van der Waals surface area contributed by atoms with E-state index in [-0.39, 0.29) is 17.1 Å². The van der Waals surface area contributed by atoms with Crippen molar-refractivity contribution in [3.63, 3.8) is 0 Å². The largest absolute Gasteiger partial charge is 0.434 e. The summed E-state index contributed by atoms with van der Waals surface area (Å²) in [6.45, 7) is 0. The van der Waals surface area contributed by atoms with Crippen LogP contribution in [-0.4, -0.2) is 9.91 Å². The molecule has 0 aliphatic heterocycles. The molecule has 0 atom stereocenters. The van der Waals surface area contributed by atoms with Crippen molar-refractivity contribution in [1.82, 2.24) is 4.98 Å². The van der Waals surface area contributed by atoms with Crippen LogP contribution in [0.5, 0.6) is 11.6 Å². The van der Waals surface area contributed by atoms with E-state index >= 15 is 0 Å². The van der Waals surface area contributed by atoms with Crippen LogP contribution >= 0.6 is 15.9 Å². The number of nitro groups is 1. The fourth-order valence-electron chi connectivity index (χ4n) is 1.35. The summed E-state index contributed by atoms with van der Waals surface area (Å²) in [5.74, 6) is 0.261. The number of halogens is 1. The average Bonchev–Trinajstić information content (AvgIpc) is 2.39.